The highest BCUT2D eigenvalue weighted by Gasteiger charge is 2.29. The number of sulfonamides is 1. The van der Waals surface area contributed by atoms with E-state index >= 15 is 0 Å². The Balaban J connectivity index is 1.13. The fourth-order valence-corrected chi connectivity index (χ4v) is 5.54. The van der Waals surface area contributed by atoms with Gasteiger partial charge >= 0.3 is 0 Å². The number of unbranched alkanes of at least 4 members (excludes halogenated alkanes) is 2. The first kappa shape index (κ1) is 23.4. The molecule has 0 aliphatic carbocycles. The molecule has 0 radical (unpaired) electrons. The minimum atomic E-state index is -3.49. The average molecular weight is 469 g/mol. The lowest BCUT2D eigenvalue weighted by Crippen LogP contribution is -2.22. The van der Waals surface area contributed by atoms with Gasteiger partial charge in [-0.2, -0.15) is 0 Å². The van der Waals surface area contributed by atoms with E-state index in [1.807, 2.05) is 12.1 Å². The minimum absolute atomic E-state index is 0.0172. The van der Waals surface area contributed by atoms with E-state index in [4.69, 9.17) is 0 Å². The maximum absolute atomic E-state index is 12.2. The first-order chi connectivity index (χ1) is 16.0. The topological polar surface area (TPSA) is 90.9 Å². The van der Waals surface area contributed by atoms with Crippen molar-refractivity contribution in [1.82, 2.24) is 9.62 Å². The summed E-state index contributed by atoms with van der Waals surface area (Å²) in [6.45, 7) is 4.06. The Kier molecular flexibility index (Phi) is 7.77. The predicted molar refractivity (Wildman–Crippen MR) is 131 cm³/mol. The number of anilines is 1. The number of hydrogen-bond donors (Lipinski definition) is 2. The summed E-state index contributed by atoms with van der Waals surface area (Å²) in [4.78, 5) is 19.4. The molecule has 2 aliphatic heterocycles. The lowest BCUT2D eigenvalue weighted by Gasteiger charge is -2.14. The number of benzene rings is 2. The molecule has 1 saturated heterocycles. The molecule has 2 aliphatic rings. The third-order valence-electron chi connectivity index (χ3n) is 6.15. The van der Waals surface area contributed by atoms with E-state index in [9.17, 15) is 13.2 Å². The van der Waals surface area contributed by atoms with Gasteiger partial charge in [0.1, 0.15) is 5.84 Å². The fourth-order valence-electron chi connectivity index (χ4n) is 4.29. The molecule has 2 heterocycles. The molecule has 0 atom stereocenters. The first-order valence-electron chi connectivity index (χ1n) is 11.8. The van der Waals surface area contributed by atoms with Crippen molar-refractivity contribution in [2.24, 2.45) is 4.99 Å². The summed E-state index contributed by atoms with van der Waals surface area (Å²) in [5.74, 6) is 0.427. The number of fused-ring (bicyclic) bond motifs is 1. The van der Waals surface area contributed by atoms with Gasteiger partial charge in [0.05, 0.1) is 4.90 Å². The van der Waals surface area contributed by atoms with Crippen LogP contribution in [-0.2, 0) is 21.2 Å². The van der Waals surface area contributed by atoms with E-state index in [0.717, 1.165) is 37.9 Å². The van der Waals surface area contributed by atoms with Gasteiger partial charge in [0, 0.05) is 30.8 Å². The molecular formula is C25H32N4O3S. The average Bonchev–Trinajstić information content (AvgIpc) is 3.42. The number of aliphatic imine (C=N–C) groups is 1. The second-order valence-electron chi connectivity index (χ2n) is 8.69. The van der Waals surface area contributed by atoms with Crippen LogP contribution < -0.4 is 10.0 Å². The van der Waals surface area contributed by atoms with Crippen molar-refractivity contribution in [1.29, 1.82) is 0 Å². The molecule has 0 bridgehead atoms. The Morgan fingerprint density at radius 1 is 1.00 bits per heavy atom. The standard InChI is InChI=1S/C25H32N4O3S/c30-24(27-21-13-11-20(12-14-21)15-19-29-17-6-7-18-29)10-2-1-5-16-26-25-22-8-3-4-9-23(22)33(31,32)28-25/h3-4,8-9,11-14H,1-2,5-7,10,15-19H2,(H,26,28)(H,27,30). The second kappa shape index (κ2) is 10.9. The smallest absolute Gasteiger partial charge is 0.263 e. The summed E-state index contributed by atoms with van der Waals surface area (Å²) in [6.07, 6.45) is 6.56. The van der Waals surface area contributed by atoms with Gasteiger partial charge in [-0.05, 0) is 75.0 Å². The van der Waals surface area contributed by atoms with E-state index in [2.05, 4.69) is 32.1 Å². The Labute approximate surface area is 196 Å². The Morgan fingerprint density at radius 2 is 1.76 bits per heavy atom. The molecule has 7 nitrogen and oxygen atoms in total. The largest absolute Gasteiger partial charge is 0.326 e. The van der Waals surface area contributed by atoms with Gasteiger partial charge in [-0.25, -0.2) is 8.42 Å². The van der Waals surface area contributed by atoms with Crippen LogP contribution in [0.25, 0.3) is 0 Å². The SMILES string of the molecule is O=C(CCCCCN=C1NS(=O)(=O)c2ccccc21)Nc1ccc(CCN2CCCC2)cc1. The molecule has 4 rings (SSSR count). The summed E-state index contributed by atoms with van der Waals surface area (Å²) < 4.78 is 26.7. The number of likely N-dealkylation sites (tertiary alicyclic amines) is 1. The van der Waals surface area contributed by atoms with Crippen LogP contribution in [-0.4, -0.2) is 51.2 Å². The number of nitrogens with zero attached hydrogens (tertiary/aromatic N) is 2. The third-order valence-corrected chi connectivity index (χ3v) is 7.54. The molecule has 176 valence electrons. The van der Waals surface area contributed by atoms with Crippen molar-refractivity contribution < 1.29 is 13.2 Å². The highest BCUT2D eigenvalue weighted by Crippen LogP contribution is 2.22. The molecular weight excluding hydrogens is 436 g/mol. The molecule has 2 N–H and O–H groups in total. The molecule has 2 aromatic carbocycles. The number of carbonyl (C=O) groups is 1. The number of nitrogens with one attached hydrogen (secondary N) is 2. The van der Waals surface area contributed by atoms with Crippen LogP contribution in [0, 0.1) is 0 Å². The van der Waals surface area contributed by atoms with Gasteiger partial charge in [0.2, 0.25) is 5.91 Å². The quantitative estimate of drug-likeness (QED) is 0.522. The number of amides is 1. The molecule has 0 saturated carbocycles. The Morgan fingerprint density at radius 3 is 2.55 bits per heavy atom. The fraction of sp³-hybridized carbons (Fsp3) is 0.440. The lowest BCUT2D eigenvalue weighted by atomic mass is 10.1. The van der Waals surface area contributed by atoms with Crippen LogP contribution >= 0.6 is 0 Å². The van der Waals surface area contributed by atoms with E-state index in [1.54, 1.807) is 24.3 Å². The van der Waals surface area contributed by atoms with Crippen molar-refractivity contribution >= 4 is 27.5 Å². The number of rotatable bonds is 10. The summed E-state index contributed by atoms with van der Waals surface area (Å²) in [5, 5.41) is 2.97. The zero-order chi connectivity index (χ0) is 23.1. The van der Waals surface area contributed by atoms with Crippen LogP contribution in [0.4, 0.5) is 5.69 Å². The van der Waals surface area contributed by atoms with Gasteiger partial charge in [-0.1, -0.05) is 30.7 Å². The Bertz CT molecular complexity index is 1090. The Hall–Kier alpha value is -2.71. The maximum atomic E-state index is 12.2. The molecule has 1 amide bonds. The van der Waals surface area contributed by atoms with Gasteiger partial charge in [0.25, 0.3) is 10.0 Å². The van der Waals surface area contributed by atoms with Gasteiger partial charge < -0.3 is 10.2 Å². The normalized spacial score (nSPS) is 18.2. The highest BCUT2D eigenvalue weighted by atomic mass is 32.2. The van der Waals surface area contributed by atoms with Gasteiger partial charge in [-0.15, -0.1) is 0 Å². The third kappa shape index (κ3) is 6.42. The minimum Gasteiger partial charge on any atom is -0.326 e. The number of amidine groups is 1. The van der Waals surface area contributed by atoms with Crippen LogP contribution in [0.5, 0.6) is 0 Å². The summed E-state index contributed by atoms with van der Waals surface area (Å²) in [5.41, 5.74) is 2.76. The van der Waals surface area contributed by atoms with E-state index in [1.165, 1.54) is 31.5 Å². The highest BCUT2D eigenvalue weighted by molar-refractivity contribution is 7.90. The van der Waals surface area contributed by atoms with E-state index < -0.39 is 10.0 Å². The monoisotopic (exact) mass is 468 g/mol. The molecule has 0 spiro atoms. The first-order valence-corrected chi connectivity index (χ1v) is 13.3. The van der Waals surface area contributed by atoms with Gasteiger partial charge in [-0.3, -0.25) is 14.5 Å². The number of carbonyl (C=O) groups excluding carboxylic acids is 1. The molecule has 2 aromatic rings. The predicted octanol–water partition coefficient (Wildman–Crippen LogP) is 3.56. The summed E-state index contributed by atoms with van der Waals surface area (Å²) in [6, 6.07) is 15.0. The molecule has 33 heavy (non-hydrogen) atoms. The molecule has 8 heteroatoms. The molecule has 0 unspecified atom stereocenters. The van der Waals surface area contributed by atoms with Crippen molar-refractivity contribution in [2.75, 3.05) is 31.5 Å². The van der Waals surface area contributed by atoms with Crippen LogP contribution in [0.1, 0.15) is 49.7 Å². The van der Waals surface area contributed by atoms with Crippen molar-refractivity contribution in [2.45, 2.75) is 49.8 Å². The summed E-state index contributed by atoms with van der Waals surface area (Å²) in [7, 11) is -3.49. The zero-order valence-corrected chi connectivity index (χ0v) is 19.7. The number of hydrogen-bond acceptors (Lipinski definition) is 5. The van der Waals surface area contributed by atoms with E-state index in [0.29, 0.717) is 24.4 Å². The van der Waals surface area contributed by atoms with Crippen LogP contribution in [0.15, 0.2) is 58.4 Å². The lowest BCUT2D eigenvalue weighted by molar-refractivity contribution is -0.116. The van der Waals surface area contributed by atoms with Crippen molar-refractivity contribution in [3.63, 3.8) is 0 Å². The van der Waals surface area contributed by atoms with Crippen LogP contribution in [0.3, 0.4) is 0 Å². The van der Waals surface area contributed by atoms with Crippen LogP contribution in [0.2, 0.25) is 0 Å². The van der Waals surface area contributed by atoms with Crippen molar-refractivity contribution in [3.05, 3.63) is 59.7 Å². The second-order valence-corrected chi connectivity index (χ2v) is 10.3. The van der Waals surface area contributed by atoms with Gasteiger partial charge in [0.15, 0.2) is 0 Å². The molecule has 1 fully saturated rings. The van der Waals surface area contributed by atoms with E-state index in [-0.39, 0.29) is 10.8 Å². The van der Waals surface area contributed by atoms with Crippen molar-refractivity contribution in [3.8, 4) is 0 Å². The maximum Gasteiger partial charge on any atom is 0.263 e. The zero-order valence-electron chi connectivity index (χ0n) is 18.9. The molecule has 0 aromatic heterocycles. The summed E-state index contributed by atoms with van der Waals surface area (Å²) >= 11 is 0.